The summed E-state index contributed by atoms with van der Waals surface area (Å²) in [6, 6.07) is 0. The Labute approximate surface area is 99.9 Å². The second-order valence-corrected chi connectivity index (χ2v) is 7.52. The van der Waals surface area contributed by atoms with E-state index in [0.29, 0.717) is 16.9 Å². The molecule has 2 bridgehead atoms. The minimum absolute atomic E-state index is 0.479. The fourth-order valence-corrected chi connectivity index (χ4v) is 5.01. The van der Waals surface area contributed by atoms with Crippen molar-refractivity contribution < 1.29 is 4.74 Å². The molecule has 0 aromatic rings. The Bertz CT molecular complexity index is 294. The summed E-state index contributed by atoms with van der Waals surface area (Å²) in [5.74, 6) is 2.93. The van der Waals surface area contributed by atoms with E-state index in [9.17, 15) is 0 Å². The van der Waals surface area contributed by atoms with Gasteiger partial charge in [0.1, 0.15) is 0 Å². The van der Waals surface area contributed by atoms with Gasteiger partial charge in [-0.05, 0) is 61.2 Å². The number of ether oxygens (including phenoxy) is 1. The first-order chi connectivity index (χ1) is 7.43. The van der Waals surface area contributed by atoms with Crippen molar-refractivity contribution in [2.45, 2.75) is 59.5 Å². The first kappa shape index (κ1) is 11.1. The highest BCUT2D eigenvalue weighted by molar-refractivity contribution is 5.07. The second kappa shape index (κ2) is 3.25. The lowest BCUT2D eigenvalue weighted by molar-refractivity contribution is -0.141. The molecule has 92 valence electrons. The van der Waals surface area contributed by atoms with Gasteiger partial charge in [-0.25, -0.2) is 0 Å². The van der Waals surface area contributed by atoms with Gasteiger partial charge in [0.2, 0.25) is 0 Å². The molecule has 3 aliphatic carbocycles. The molecule has 0 aromatic heterocycles. The van der Waals surface area contributed by atoms with Gasteiger partial charge in [0.25, 0.3) is 0 Å². The molecule has 1 nitrogen and oxygen atoms in total. The molecule has 0 aromatic carbocycles. The van der Waals surface area contributed by atoms with Gasteiger partial charge >= 0.3 is 0 Å². The molecule has 1 aliphatic heterocycles. The molecule has 0 spiro atoms. The van der Waals surface area contributed by atoms with Crippen molar-refractivity contribution in [3.63, 3.8) is 0 Å². The van der Waals surface area contributed by atoms with Crippen molar-refractivity contribution in [2.75, 3.05) is 6.61 Å². The van der Waals surface area contributed by atoms with Crippen molar-refractivity contribution >= 4 is 0 Å². The van der Waals surface area contributed by atoms with Crippen molar-refractivity contribution in [3.8, 4) is 0 Å². The predicted molar refractivity (Wildman–Crippen MR) is 66.2 cm³/mol. The van der Waals surface area contributed by atoms with E-state index in [-0.39, 0.29) is 0 Å². The van der Waals surface area contributed by atoms with Crippen LogP contribution in [0.1, 0.15) is 53.4 Å². The topological polar surface area (TPSA) is 9.23 Å². The Morgan fingerprint density at radius 2 is 1.81 bits per heavy atom. The molecule has 0 radical (unpaired) electrons. The maximum atomic E-state index is 5.86. The lowest BCUT2D eigenvalue weighted by atomic mass is 9.42. The third-order valence-corrected chi connectivity index (χ3v) is 6.20. The monoisotopic (exact) mass is 222 g/mol. The van der Waals surface area contributed by atoms with Gasteiger partial charge in [0, 0.05) is 0 Å². The van der Waals surface area contributed by atoms with Gasteiger partial charge in [-0.1, -0.05) is 20.8 Å². The van der Waals surface area contributed by atoms with Crippen LogP contribution in [0.15, 0.2) is 0 Å². The van der Waals surface area contributed by atoms with Crippen LogP contribution >= 0.6 is 0 Å². The Hall–Kier alpha value is -0.0400. The highest BCUT2D eigenvalue weighted by Crippen LogP contribution is 2.65. The zero-order valence-electron chi connectivity index (χ0n) is 11.3. The minimum atomic E-state index is 0.479. The zero-order chi connectivity index (χ0) is 11.6. The van der Waals surface area contributed by atoms with Crippen molar-refractivity contribution in [1.82, 2.24) is 0 Å². The smallest absolute Gasteiger partial charge is 0.0553 e. The molecular weight excluding hydrogens is 196 g/mol. The molecule has 1 saturated heterocycles. The fraction of sp³-hybridized carbons (Fsp3) is 1.00. The Kier molecular flexibility index (Phi) is 2.25. The van der Waals surface area contributed by atoms with E-state index in [1.165, 1.54) is 25.7 Å². The first-order valence-corrected chi connectivity index (χ1v) is 7.05. The van der Waals surface area contributed by atoms with E-state index in [2.05, 4.69) is 27.7 Å². The van der Waals surface area contributed by atoms with Crippen molar-refractivity contribution in [3.05, 3.63) is 0 Å². The lowest BCUT2D eigenvalue weighted by Crippen LogP contribution is -2.56. The number of hydrogen-bond acceptors (Lipinski definition) is 1. The highest BCUT2D eigenvalue weighted by atomic mass is 16.5. The third-order valence-electron chi connectivity index (χ3n) is 6.20. The number of rotatable bonds is 1. The average molecular weight is 222 g/mol. The lowest BCUT2D eigenvalue weighted by Gasteiger charge is -2.63. The van der Waals surface area contributed by atoms with E-state index in [0.717, 1.165) is 24.4 Å². The summed E-state index contributed by atoms with van der Waals surface area (Å²) in [5.41, 5.74) is 1.10. The normalized spacial score (nSPS) is 54.8. The maximum Gasteiger partial charge on any atom is 0.0553 e. The van der Waals surface area contributed by atoms with Gasteiger partial charge in [-0.2, -0.15) is 0 Å². The quantitative estimate of drug-likeness (QED) is 0.654. The van der Waals surface area contributed by atoms with Crippen LogP contribution in [0.5, 0.6) is 0 Å². The van der Waals surface area contributed by atoms with E-state index >= 15 is 0 Å². The first-order valence-electron chi connectivity index (χ1n) is 7.05. The molecule has 3 saturated carbocycles. The van der Waals surface area contributed by atoms with Gasteiger partial charge in [-0.3, -0.25) is 0 Å². The molecule has 1 heterocycles. The Morgan fingerprint density at radius 1 is 1.06 bits per heavy atom. The molecule has 5 unspecified atom stereocenters. The summed E-state index contributed by atoms with van der Waals surface area (Å²) >= 11 is 0. The van der Waals surface area contributed by atoms with Gasteiger partial charge in [-0.15, -0.1) is 0 Å². The van der Waals surface area contributed by atoms with Crippen LogP contribution in [-0.4, -0.2) is 12.7 Å². The molecule has 4 aliphatic rings. The van der Waals surface area contributed by atoms with Gasteiger partial charge in [0.05, 0.1) is 12.7 Å². The van der Waals surface area contributed by atoms with Gasteiger partial charge in [0.15, 0.2) is 0 Å². The minimum Gasteiger partial charge on any atom is -0.378 e. The molecule has 0 amide bonds. The fourth-order valence-electron chi connectivity index (χ4n) is 5.01. The maximum absolute atomic E-state index is 5.86. The van der Waals surface area contributed by atoms with Crippen LogP contribution in [0.25, 0.3) is 0 Å². The molecule has 5 atom stereocenters. The molecule has 4 fully saturated rings. The average Bonchev–Trinajstić information content (AvgIpc) is 2.60. The predicted octanol–water partition coefficient (Wildman–Crippen LogP) is 3.87. The van der Waals surface area contributed by atoms with E-state index in [1.807, 2.05) is 0 Å². The van der Waals surface area contributed by atoms with E-state index in [1.54, 1.807) is 0 Å². The van der Waals surface area contributed by atoms with Crippen LogP contribution < -0.4 is 0 Å². The summed E-state index contributed by atoms with van der Waals surface area (Å²) in [4.78, 5) is 0. The molecule has 4 rings (SSSR count). The standard InChI is InChI=1S/C15H26O/c1-10-8-15(4,9-16-10)12-6-5-11-7-13(12)14(11,2)3/h10-13H,5-9H2,1-4H3. The van der Waals surface area contributed by atoms with Gasteiger partial charge < -0.3 is 4.74 Å². The molecule has 16 heavy (non-hydrogen) atoms. The van der Waals surface area contributed by atoms with E-state index < -0.39 is 0 Å². The van der Waals surface area contributed by atoms with Crippen LogP contribution in [-0.2, 0) is 4.74 Å². The molecular formula is C15H26O. The number of hydrogen-bond donors (Lipinski definition) is 0. The van der Waals surface area contributed by atoms with Crippen molar-refractivity contribution in [1.29, 1.82) is 0 Å². The second-order valence-electron chi connectivity index (χ2n) is 7.52. The van der Waals surface area contributed by atoms with E-state index in [4.69, 9.17) is 4.74 Å². The summed E-state index contributed by atoms with van der Waals surface area (Å²) in [5, 5.41) is 0. The summed E-state index contributed by atoms with van der Waals surface area (Å²) in [6.07, 6.45) is 6.21. The highest BCUT2D eigenvalue weighted by Gasteiger charge is 2.59. The molecule has 1 heteroatoms. The van der Waals surface area contributed by atoms with Crippen LogP contribution in [0.4, 0.5) is 0 Å². The SMILES string of the molecule is CC1CC(C)(C2CCC3CC2C3(C)C)CO1. The Morgan fingerprint density at radius 3 is 2.31 bits per heavy atom. The summed E-state index contributed by atoms with van der Waals surface area (Å²) < 4.78 is 5.86. The zero-order valence-corrected chi connectivity index (χ0v) is 11.3. The van der Waals surface area contributed by atoms with Crippen LogP contribution in [0.2, 0.25) is 0 Å². The van der Waals surface area contributed by atoms with Crippen molar-refractivity contribution in [2.24, 2.45) is 28.6 Å². The third kappa shape index (κ3) is 1.33. The Balaban J connectivity index is 1.80. The van der Waals surface area contributed by atoms with Crippen LogP contribution in [0.3, 0.4) is 0 Å². The molecule has 0 N–H and O–H groups in total. The largest absolute Gasteiger partial charge is 0.378 e. The summed E-state index contributed by atoms with van der Waals surface area (Å²) in [6.45, 7) is 10.7. The summed E-state index contributed by atoms with van der Waals surface area (Å²) in [7, 11) is 0. The number of fused-ring (bicyclic) bond motifs is 2. The van der Waals surface area contributed by atoms with Crippen LogP contribution in [0, 0.1) is 28.6 Å².